The van der Waals surface area contributed by atoms with Crippen LogP contribution in [0.1, 0.15) is 12.8 Å². The van der Waals surface area contributed by atoms with Crippen LogP contribution in [0.2, 0.25) is 0 Å². The largest absolute Gasteiger partial charge is 0.394 e. The minimum atomic E-state index is 0.696. The third-order valence-electron chi connectivity index (χ3n) is 3.33. The van der Waals surface area contributed by atoms with Gasteiger partial charge in [-0.15, -0.1) is 0 Å². The first-order chi connectivity index (χ1) is 7.58. The molecule has 1 aliphatic rings. The predicted octanol–water partition coefficient (Wildman–Crippen LogP) is 0.533. The molecule has 0 aliphatic carbocycles. The average Bonchev–Trinajstić information content (AvgIpc) is 2.58. The van der Waals surface area contributed by atoms with Crippen molar-refractivity contribution < 1.29 is 0 Å². The Morgan fingerprint density at radius 1 is 1.38 bits per heavy atom. The molecule has 0 unspecified atom stereocenters. The van der Waals surface area contributed by atoms with E-state index in [4.69, 9.17) is 5.73 Å². The Morgan fingerprint density at radius 2 is 2.00 bits per heavy atom. The smallest absolute Gasteiger partial charge is 0.173 e. The monoisotopic (exact) mass is 223 g/mol. The van der Waals surface area contributed by atoms with E-state index in [-0.39, 0.29) is 0 Å². The molecule has 0 saturated carbocycles. The molecular formula is C11H21N5. The highest BCUT2D eigenvalue weighted by molar-refractivity contribution is 5.61. The second-order valence-electron chi connectivity index (χ2n) is 4.76. The van der Waals surface area contributed by atoms with Crippen molar-refractivity contribution in [1.82, 2.24) is 14.7 Å². The van der Waals surface area contributed by atoms with Crippen molar-refractivity contribution in [2.24, 2.45) is 7.05 Å². The van der Waals surface area contributed by atoms with Crippen LogP contribution in [0.3, 0.4) is 0 Å². The molecule has 90 valence electrons. The summed E-state index contributed by atoms with van der Waals surface area (Å²) in [6.45, 7) is 2.09. The zero-order chi connectivity index (χ0) is 11.7. The summed E-state index contributed by atoms with van der Waals surface area (Å²) in [5, 5.41) is 4.41. The SMILES string of the molecule is CN(C)C1CCN(c2nn(C)cc2N)CC1. The van der Waals surface area contributed by atoms with Gasteiger partial charge in [0.25, 0.3) is 0 Å². The molecule has 16 heavy (non-hydrogen) atoms. The molecule has 0 spiro atoms. The quantitative estimate of drug-likeness (QED) is 0.794. The Balaban J connectivity index is 2.01. The minimum absolute atomic E-state index is 0.696. The third kappa shape index (κ3) is 2.14. The van der Waals surface area contributed by atoms with Crippen LogP contribution < -0.4 is 10.6 Å². The van der Waals surface area contributed by atoms with Crippen molar-refractivity contribution >= 4 is 11.5 Å². The van der Waals surface area contributed by atoms with Gasteiger partial charge in [0.2, 0.25) is 0 Å². The Bertz CT molecular complexity index is 349. The van der Waals surface area contributed by atoms with Crippen LogP contribution in [0.4, 0.5) is 11.5 Å². The van der Waals surface area contributed by atoms with E-state index in [0.29, 0.717) is 6.04 Å². The summed E-state index contributed by atoms with van der Waals surface area (Å²) in [4.78, 5) is 4.59. The van der Waals surface area contributed by atoms with Gasteiger partial charge in [0.1, 0.15) is 0 Å². The molecule has 0 bridgehead atoms. The van der Waals surface area contributed by atoms with Gasteiger partial charge in [-0.3, -0.25) is 4.68 Å². The number of piperidine rings is 1. The Morgan fingerprint density at radius 3 is 2.44 bits per heavy atom. The molecule has 1 fully saturated rings. The lowest BCUT2D eigenvalue weighted by Gasteiger charge is -2.35. The van der Waals surface area contributed by atoms with E-state index in [1.807, 2.05) is 13.2 Å². The number of anilines is 2. The summed E-state index contributed by atoms with van der Waals surface area (Å²) in [6.07, 6.45) is 4.24. The Labute approximate surface area is 96.8 Å². The highest BCUT2D eigenvalue weighted by Gasteiger charge is 2.23. The minimum Gasteiger partial charge on any atom is -0.394 e. The molecule has 2 heterocycles. The van der Waals surface area contributed by atoms with Gasteiger partial charge in [-0.2, -0.15) is 5.10 Å². The van der Waals surface area contributed by atoms with E-state index in [2.05, 4.69) is 29.0 Å². The van der Waals surface area contributed by atoms with Crippen LogP contribution >= 0.6 is 0 Å². The number of nitrogen functional groups attached to an aromatic ring is 1. The first kappa shape index (κ1) is 11.3. The summed E-state index contributed by atoms with van der Waals surface area (Å²) >= 11 is 0. The molecule has 2 N–H and O–H groups in total. The molecule has 0 radical (unpaired) electrons. The summed E-state index contributed by atoms with van der Waals surface area (Å²) < 4.78 is 1.78. The highest BCUT2D eigenvalue weighted by Crippen LogP contribution is 2.24. The lowest BCUT2D eigenvalue weighted by molar-refractivity contribution is 0.249. The molecule has 5 nitrogen and oxygen atoms in total. The number of hydrogen-bond acceptors (Lipinski definition) is 4. The van der Waals surface area contributed by atoms with E-state index in [1.54, 1.807) is 4.68 Å². The molecule has 5 heteroatoms. The molecule has 1 saturated heterocycles. The van der Waals surface area contributed by atoms with E-state index in [0.717, 1.165) is 24.6 Å². The van der Waals surface area contributed by atoms with Gasteiger partial charge in [-0.1, -0.05) is 0 Å². The summed E-state index contributed by atoms with van der Waals surface area (Å²) in [7, 11) is 6.21. The van der Waals surface area contributed by atoms with E-state index < -0.39 is 0 Å². The summed E-state index contributed by atoms with van der Waals surface area (Å²) in [6, 6.07) is 0.696. The molecule has 1 aromatic heterocycles. The van der Waals surface area contributed by atoms with Crippen molar-refractivity contribution in [3.05, 3.63) is 6.20 Å². The molecule has 1 aliphatic heterocycles. The Hall–Kier alpha value is -1.23. The zero-order valence-electron chi connectivity index (χ0n) is 10.3. The van der Waals surface area contributed by atoms with Crippen LogP contribution in [-0.4, -0.2) is 47.9 Å². The standard InChI is InChI=1S/C11H21N5/c1-14(2)9-4-6-16(7-5-9)11-10(12)8-15(3)13-11/h8-9H,4-7,12H2,1-3H3. The maximum Gasteiger partial charge on any atom is 0.173 e. The van der Waals surface area contributed by atoms with Gasteiger partial charge < -0.3 is 15.5 Å². The van der Waals surface area contributed by atoms with Gasteiger partial charge in [0.15, 0.2) is 5.82 Å². The number of nitrogens with two attached hydrogens (primary N) is 1. The van der Waals surface area contributed by atoms with Crippen LogP contribution in [0.5, 0.6) is 0 Å². The summed E-state index contributed by atoms with van der Waals surface area (Å²) in [5.74, 6) is 0.944. The van der Waals surface area contributed by atoms with Crippen LogP contribution in [0.25, 0.3) is 0 Å². The third-order valence-corrected chi connectivity index (χ3v) is 3.33. The number of hydrogen-bond donors (Lipinski definition) is 1. The lowest BCUT2D eigenvalue weighted by atomic mass is 10.0. The number of nitrogens with zero attached hydrogens (tertiary/aromatic N) is 4. The Kier molecular flexibility index (Phi) is 3.05. The van der Waals surface area contributed by atoms with Crippen molar-refractivity contribution in [2.75, 3.05) is 37.8 Å². The fourth-order valence-electron chi connectivity index (χ4n) is 2.33. The maximum atomic E-state index is 5.93. The fourth-order valence-corrected chi connectivity index (χ4v) is 2.33. The number of aromatic nitrogens is 2. The molecule has 0 atom stereocenters. The van der Waals surface area contributed by atoms with Crippen molar-refractivity contribution in [1.29, 1.82) is 0 Å². The van der Waals surface area contributed by atoms with Crippen LogP contribution in [0, 0.1) is 0 Å². The number of aryl methyl sites for hydroxylation is 1. The first-order valence-corrected chi connectivity index (χ1v) is 5.78. The topological polar surface area (TPSA) is 50.3 Å². The second kappa shape index (κ2) is 4.33. The van der Waals surface area contributed by atoms with Gasteiger partial charge >= 0.3 is 0 Å². The van der Waals surface area contributed by atoms with Gasteiger partial charge in [-0.05, 0) is 26.9 Å². The van der Waals surface area contributed by atoms with E-state index in [9.17, 15) is 0 Å². The molecular weight excluding hydrogens is 202 g/mol. The second-order valence-corrected chi connectivity index (χ2v) is 4.76. The normalized spacial score (nSPS) is 18.4. The fraction of sp³-hybridized carbons (Fsp3) is 0.727. The molecule has 1 aromatic rings. The van der Waals surface area contributed by atoms with E-state index >= 15 is 0 Å². The molecule has 2 rings (SSSR count). The van der Waals surface area contributed by atoms with Crippen molar-refractivity contribution in [3.63, 3.8) is 0 Å². The predicted molar refractivity (Wildman–Crippen MR) is 66.5 cm³/mol. The average molecular weight is 223 g/mol. The lowest BCUT2D eigenvalue weighted by Crippen LogP contribution is -2.42. The van der Waals surface area contributed by atoms with Gasteiger partial charge in [-0.25, -0.2) is 0 Å². The summed E-state index contributed by atoms with van der Waals surface area (Å²) in [5.41, 5.74) is 6.71. The zero-order valence-corrected chi connectivity index (χ0v) is 10.3. The highest BCUT2D eigenvalue weighted by atomic mass is 15.3. The van der Waals surface area contributed by atoms with Crippen molar-refractivity contribution in [3.8, 4) is 0 Å². The first-order valence-electron chi connectivity index (χ1n) is 5.78. The van der Waals surface area contributed by atoms with E-state index in [1.165, 1.54) is 12.8 Å². The molecule has 0 aromatic carbocycles. The van der Waals surface area contributed by atoms with Crippen LogP contribution in [-0.2, 0) is 7.05 Å². The molecule has 0 amide bonds. The van der Waals surface area contributed by atoms with Gasteiger partial charge in [0, 0.05) is 32.4 Å². The number of rotatable bonds is 2. The van der Waals surface area contributed by atoms with Gasteiger partial charge in [0.05, 0.1) is 5.69 Å². The van der Waals surface area contributed by atoms with Crippen LogP contribution in [0.15, 0.2) is 6.20 Å². The maximum absolute atomic E-state index is 5.93. The van der Waals surface area contributed by atoms with Crippen molar-refractivity contribution in [2.45, 2.75) is 18.9 Å².